The van der Waals surface area contributed by atoms with Gasteiger partial charge in [-0.3, -0.25) is 12.2 Å². The topological polar surface area (TPSA) is 73.8 Å². The van der Waals surface area contributed by atoms with Crippen LogP contribution in [0, 0.1) is 60.9 Å². The SMILES string of the molecule is CC1C=[C-]CO1.CC1CC=[C-]CO1.CC1CC=[C-]CS1.CC1CC=[C-]O1.CC1CC[C-]=CO1.CC1CC[C-]=CS1.CC1OC=[C-]CO1.CC1OC=[C-]CS1.CC1OC[C-]=CS1.CC1SC=[C-]CS1.[Y].[Y].[Y].[Y].[Y].[Y].[Y].[Y].[Y].[Y]. The van der Waals surface area contributed by atoms with Gasteiger partial charge in [-0.15, -0.1) is 29.0 Å². The predicted molar refractivity (Wildman–Crippen MR) is 293 cm³/mol. The van der Waals surface area contributed by atoms with Crippen LogP contribution in [-0.4, -0.2) is 100 Å². The average Bonchev–Trinajstić information content (AvgIpc) is 4.06. The second-order valence-electron chi connectivity index (χ2n) is 15.4. The first-order valence-corrected chi connectivity index (χ1v) is 29.4. The van der Waals surface area contributed by atoms with Crippen LogP contribution in [0.4, 0.5) is 0 Å². The molecule has 0 aromatic heterocycles. The molecular formula is C54H78O8S6Y10-10. The van der Waals surface area contributed by atoms with E-state index in [1.165, 1.54) is 19.1 Å². The quantitative estimate of drug-likeness (QED) is 0.216. The molecule has 10 aliphatic rings. The summed E-state index contributed by atoms with van der Waals surface area (Å²) >= 11 is 11.1. The molecule has 0 bridgehead atoms. The number of allylic oxidation sites excluding steroid dienone is 3. The van der Waals surface area contributed by atoms with Crippen molar-refractivity contribution in [3.8, 4) is 0 Å². The number of rotatable bonds is 0. The molecule has 10 unspecified atom stereocenters. The van der Waals surface area contributed by atoms with Crippen molar-refractivity contribution in [2.24, 2.45) is 0 Å². The molecule has 0 amide bonds. The molecule has 0 aromatic rings. The van der Waals surface area contributed by atoms with Gasteiger partial charge in [0.15, 0.2) is 6.29 Å². The number of thioether (sulfide) groups is 6. The van der Waals surface area contributed by atoms with Gasteiger partial charge in [0.25, 0.3) is 0 Å². The fourth-order valence-electron chi connectivity index (χ4n) is 4.69. The second-order valence-corrected chi connectivity index (χ2v) is 23.4. The van der Waals surface area contributed by atoms with Crippen molar-refractivity contribution in [1.29, 1.82) is 0 Å². The van der Waals surface area contributed by atoms with E-state index in [1.807, 2.05) is 105 Å². The van der Waals surface area contributed by atoms with Crippen LogP contribution in [0.3, 0.4) is 0 Å². The summed E-state index contributed by atoms with van der Waals surface area (Å²) in [4.78, 5) is 0. The van der Waals surface area contributed by atoms with Crippen molar-refractivity contribution in [3.63, 3.8) is 0 Å². The van der Waals surface area contributed by atoms with Crippen molar-refractivity contribution in [3.05, 3.63) is 120 Å². The summed E-state index contributed by atoms with van der Waals surface area (Å²) in [5, 5.41) is 7.76. The number of hydrogen-bond acceptors (Lipinski definition) is 14. The third-order valence-electron chi connectivity index (χ3n) is 8.81. The van der Waals surface area contributed by atoms with E-state index in [-0.39, 0.29) is 333 Å². The molecule has 0 aromatic carbocycles. The van der Waals surface area contributed by atoms with Crippen LogP contribution in [0.5, 0.6) is 0 Å². The van der Waals surface area contributed by atoms with Gasteiger partial charge in [-0.25, -0.2) is 28.4 Å². The number of ether oxygens (including phenoxy) is 8. The number of hydrogen-bond donors (Lipinski definition) is 0. The molecule has 0 aliphatic carbocycles. The van der Waals surface area contributed by atoms with Crippen LogP contribution in [0.25, 0.3) is 0 Å². The van der Waals surface area contributed by atoms with Crippen molar-refractivity contribution in [2.75, 3.05) is 43.7 Å². The Morgan fingerprint density at radius 2 is 0.987 bits per heavy atom. The van der Waals surface area contributed by atoms with E-state index in [1.54, 1.807) is 36.0 Å². The molecule has 10 aliphatic heterocycles. The Balaban J connectivity index is -0.0000000812. The summed E-state index contributed by atoms with van der Waals surface area (Å²) in [5.74, 6) is 3.15. The third kappa shape index (κ3) is 79.8. The first kappa shape index (κ1) is 109. The van der Waals surface area contributed by atoms with Crippen LogP contribution in [0.2, 0.25) is 0 Å². The Hall–Kier alpha value is 9.58. The molecule has 24 heteroatoms. The maximum Gasteiger partial charge on any atom is 0.189 e. The third-order valence-corrected chi connectivity index (χ3v) is 14.9. The van der Waals surface area contributed by atoms with Gasteiger partial charge in [-0.1, -0.05) is 71.9 Å². The molecule has 0 N–H and O–H groups in total. The first-order chi connectivity index (χ1) is 32.9. The zero-order valence-corrected chi connectivity index (χ0v) is 81.2. The van der Waals surface area contributed by atoms with Gasteiger partial charge in [0.05, 0.1) is 23.7 Å². The fraction of sp³-hybridized carbons (Fsp3) is 0.630. The summed E-state index contributed by atoms with van der Waals surface area (Å²) in [6, 6.07) is 0. The summed E-state index contributed by atoms with van der Waals surface area (Å²) in [7, 11) is 0. The molecular weight excluding hydrogens is 1860 g/mol. The molecule has 10 heterocycles. The van der Waals surface area contributed by atoms with Gasteiger partial charge in [0.2, 0.25) is 0 Å². The Kier molecular flexibility index (Phi) is 116. The van der Waals surface area contributed by atoms with Crippen molar-refractivity contribution in [2.45, 2.75) is 171 Å². The molecule has 10 atom stereocenters. The van der Waals surface area contributed by atoms with Gasteiger partial charge in [-0.2, -0.15) is 71.7 Å². The van der Waals surface area contributed by atoms with E-state index >= 15 is 0 Å². The maximum atomic E-state index is 5.14. The largest absolute Gasteiger partial charge is 0.691 e. The van der Waals surface area contributed by atoms with Gasteiger partial charge in [0.1, 0.15) is 5.44 Å². The van der Waals surface area contributed by atoms with Gasteiger partial charge in [0, 0.05) is 348 Å². The summed E-state index contributed by atoms with van der Waals surface area (Å²) in [6.07, 6.45) is 51.7. The second kappa shape index (κ2) is 82.7. The van der Waals surface area contributed by atoms with Crippen LogP contribution >= 0.6 is 70.6 Å². The standard InChI is InChI=1S/2C6H9O.2C6H9S.C5H7O2.2C5H7OS.2C5H7O.C5H7S2.10Y/c4*1-6-4-2-3-5-7-6;3*1-5-6-3-2-4-7-5;2*1-5-3-2-4-6-5;1-5-6-3-2-4-7-5;;;;;;;;;;/h5-6H,2,4H2,1H3;2,6H,4-5H2,1H3;5-6H,2,4H2,1H3;2,6H,4-5H2,1H3;3,5H,4H2,1H3;4-5H,3H2,1H3;3,5H,4H2,1H3;3,5H,4H2,1H3;2,5H,3H2,1H3;3,5H,4H2,1H3;;;;;;;;;;/q10*-1;;;;;;;;;;. The van der Waals surface area contributed by atoms with Crippen molar-refractivity contribution < 1.29 is 365 Å². The summed E-state index contributed by atoms with van der Waals surface area (Å²) in [5.41, 5.74) is 0.669. The minimum absolute atomic E-state index is 0. The Morgan fingerprint density at radius 3 is 1.22 bits per heavy atom. The fourth-order valence-corrected chi connectivity index (χ4v) is 8.73. The van der Waals surface area contributed by atoms with Gasteiger partial charge in [-0.05, 0) is 74.7 Å². The van der Waals surface area contributed by atoms with Crippen LogP contribution in [0.15, 0.2) is 59.3 Å². The van der Waals surface area contributed by atoms with Crippen LogP contribution in [0.1, 0.15) is 114 Å². The van der Waals surface area contributed by atoms with E-state index in [2.05, 4.69) is 112 Å². The zero-order valence-electron chi connectivity index (χ0n) is 47.9. The van der Waals surface area contributed by atoms with E-state index in [4.69, 9.17) is 37.9 Å². The molecule has 8 nitrogen and oxygen atoms in total. The van der Waals surface area contributed by atoms with E-state index in [0.717, 1.165) is 64.4 Å². The average molecular weight is 1940 g/mol. The van der Waals surface area contributed by atoms with Crippen molar-refractivity contribution >= 4 is 70.6 Å². The van der Waals surface area contributed by atoms with Gasteiger partial charge < -0.3 is 98.8 Å². The smallest absolute Gasteiger partial charge is 0.189 e. The van der Waals surface area contributed by atoms with Crippen LogP contribution < -0.4 is 0 Å². The van der Waals surface area contributed by atoms with Crippen LogP contribution in [-0.2, 0) is 365 Å². The minimum atomic E-state index is -0.0822. The molecule has 78 heavy (non-hydrogen) atoms. The molecule has 0 saturated carbocycles. The normalized spacial score (nSPS) is 26.5. The summed E-state index contributed by atoms with van der Waals surface area (Å²) in [6.45, 7) is 23.4. The van der Waals surface area contributed by atoms with E-state index in [0.29, 0.717) is 61.7 Å². The minimum Gasteiger partial charge on any atom is -0.691 e. The molecule has 0 fully saturated rings. The Bertz CT molecular complexity index is 1250. The van der Waals surface area contributed by atoms with Crippen molar-refractivity contribution in [1.82, 2.24) is 0 Å². The predicted octanol–water partition coefficient (Wildman–Crippen LogP) is 14.2. The molecule has 10 radical (unpaired) electrons. The monoisotopic (exact) mass is 1940 g/mol. The molecule has 418 valence electrons. The molecule has 10 rings (SSSR count). The Labute approximate surface area is 754 Å². The van der Waals surface area contributed by atoms with E-state index in [9.17, 15) is 0 Å². The molecule has 0 spiro atoms. The zero-order chi connectivity index (χ0) is 49.7. The maximum absolute atomic E-state index is 5.14. The first-order valence-electron chi connectivity index (χ1n) is 23.4. The Morgan fingerprint density at radius 1 is 0.397 bits per heavy atom. The summed E-state index contributed by atoms with van der Waals surface area (Å²) < 4.78 is 40.6. The van der Waals surface area contributed by atoms with E-state index < -0.39 is 0 Å². The van der Waals surface area contributed by atoms with Gasteiger partial charge >= 0.3 is 0 Å². The molecule has 0 saturated heterocycles.